The van der Waals surface area contributed by atoms with Crippen molar-refractivity contribution in [3.8, 4) is 11.6 Å². The molecule has 0 unspecified atom stereocenters. The minimum atomic E-state index is 0.390. The Kier molecular flexibility index (Phi) is 4.75. The normalized spacial score (nSPS) is 10.5. The van der Waals surface area contributed by atoms with Crippen molar-refractivity contribution in [1.82, 2.24) is 19.9 Å². The second-order valence-corrected chi connectivity index (χ2v) is 4.49. The summed E-state index contributed by atoms with van der Waals surface area (Å²) in [6, 6.07) is 1.75. The molecule has 6 nitrogen and oxygen atoms in total. The molecule has 0 fully saturated rings. The van der Waals surface area contributed by atoms with Crippen LogP contribution in [0.2, 0.25) is 0 Å². The van der Waals surface area contributed by atoms with E-state index in [-0.39, 0.29) is 0 Å². The van der Waals surface area contributed by atoms with E-state index in [0.29, 0.717) is 24.1 Å². The summed E-state index contributed by atoms with van der Waals surface area (Å²) in [5, 5.41) is 3.18. The minimum absolute atomic E-state index is 0.390. The second kappa shape index (κ2) is 6.53. The number of hydrogen-bond donors (Lipinski definition) is 1. The van der Waals surface area contributed by atoms with Gasteiger partial charge in [-0.25, -0.2) is 19.9 Å². The fourth-order valence-corrected chi connectivity index (χ4v) is 1.96. The molecule has 0 aliphatic carbocycles. The maximum atomic E-state index is 5.14. The van der Waals surface area contributed by atoms with Crippen molar-refractivity contribution in [1.29, 1.82) is 0 Å². The summed E-state index contributed by atoms with van der Waals surface area (Å²) in [7, 11) is 1.63. The van der Waals surface area contributed by atoms with Crippen molar-refractivity contribution in [3.05, 3.63) is 28.6 Å². The standard InChI is InChI=1S/C12H14BrN5O/c1-3-14-10-9(13)8(7-19-2)17-12(18-10)11-15-5-4-6-16-11/h4-6H,3,7H2,1-2H3,(H,14,17,18). The summed E-state index contributed by atoms with van der Waals surface area (Å²) in [5.74, 6) is 1.69. The molecule has 19 heavy (non-hydrogen) atoms. The Hall–Kier alpha value is -1.60. The number of ether oxygens (including phenoxy) is 1. The molecule has 0 aromatic carbocycles. The molecule has 2 heterocycles. The summed E-state index contributed by atoms with van der Waals surface area (Å²) in [6.45, 7) is 3.15. The molecule has 1 N–H and O–H groups in total. The molecule has 0 bridgehead atoms. The molecule has 0 atom stereocenters. The first-order valence-electron chi connectivity index (χ1n) is 5.82. The predicted molar refractivity (Wildman–Crippen MR) is 75.6 cm³/mol. The molecule has 0 saturated carbocycles. The number of hydrogen-bond acceptors (Lipinski definition) is 6. The maximum Gasteiger partial charge on any atom is 0.200 e. The van der Waals surface area contributed by atoms with E-state index in [0.717, 1.165) is 16.7 Å². The van der Waals surface area contributed by atoms with E-state index in [2.05, 4.69) is 41.2 Å². The number of anilines is 1. The van der Waals surface area contributed by atoms with E-state index < -0.39 is 0 Å². The summed E-state index contributed by atoms with van der Waals surface area (Å²) < 4.78 is 5.95. The molecule has 7 heteroatoms. The van der Waals surface area contributed by atoms with Crippen molar-refractivity contribution in [2.24, 2.45) is 0 Å². The lowest BCUT2D eigenvalue weighted by atomic mass is 10.3. The Morgan fingerprint density at radius 2 is 1.95 bits per heavy atom. The first kappa shape index (κ1) is 13.8. The van der Waals surface area contributed by atoms with Crippen LogP contribution < -0.4 is 5.32 Å². The SMILES string of the molecule is CCNc1nc(-c2ncccn2)nc(COC)c1Br. The lowest BCUT2D eigenvalue weighted by molar-refractivity contribution is 0.181. The molecule has 2 aromatic heterocycles. The number of nitrogens with one attached hydrogen (secondary N) is 1. The van der Waals surface area contributed by atoms with Crippen LogP contribution >= 0.6 is 15.9 Å². The zero-order valence-electron chi connectivity index (χ0n) is 10.7. The van der Waals surface area contributed by atoms with Gasteiger partial charge in [0.25, 0.3) is 0 Å². The van der Waals surface area contributed by atoms with Gasteiger partial charge in [-0.3, -0.25) is 0 Å². The van der Waals surface area contributed by atoms with Gasteiger partial charge in [0.1, 0.15) is 5.82 Å². The van der Waals surface area contributed by atoms with Gasteiger partial charge in [-0.15, -0.1) is 0 Å². The first-order valence-corrected chi connectivity index (χ1v) is 6.62. The van der Waals surface area contributed by atoms with Crippen molar-refractivity contribution in [2.45, 2.75) is 13.5 Å². The van der Waals surface area contributed by atoms with Gasteiger partial charge in [0.15, 0.2) is 11.6 Å². The molecule has 0 radical (unpaired) electrons. The van der Waals surface area contributed by atoms with Gasteiger partial charge >= 0.3 is 0 Å². The number of halogens is 1. The molecular formula is C12H14BrN5O. The fourth-order valence-electron chi connectivity index (χ4n) is 1.53. The molecule has 0 aliphatic heterocycles. The smallest absolute Gasteiger partial charge is 0.200 e. The van der Waals surface area contributed by atoms with Gasteiger partial charge in [0, 0.05) is 26.0 Å². The summed E-state index contributed by atoms with van der Waals surface area (Å²) in [4.78, 5) is 17.2. The highest BCUT2D eigenvalue weighted by Gasteiger charge is 2.14. The fraction of sp³-hybridized carbons (Fsp3) is 0.333. The van der Waals surface area contributed by atoms with E-state index >= 15 is 0 Å². The molecule has 0 saturated heterocycles. The van der Waals surface area contributed by atoms with E-state index in [1.807, 2.05) is 6.92 Å². The minimum Gasteiger partial charge on any atom is -0.378 e. The van der Waals surface area contributed by atoms with Crippen LogP contribution in [0.4, 0.5) is 5.82 Å². The quantitative estimate of drug-likeness (QED) is 0.910. The molecule has 100 valence electrons. The molecule has 0 aliphatic rings. The van der Waals surface area contributed by atoms with Gasteiger partial charge in [0.05, 0.1) is 16.8 Å². The zero-order chi connectivity index (χ0) is 13.7. The average molecular weight is 324 g/mol. The third-order valence-electron chi connectivity index (χ3n) is 2.31. The van der Waals surface area contributed by atoms with Crippen LogP contribution in [-0.2, 0) is 11.3 Å². The van der Waals surface area contributed by atoms with Gasteiger partial charge in [-0.1, -0.05) is 0 Å². The van der Waals surface area contributed by atoms with Crippen LogP contribution in [0.25, 0.3) is 11.6 Å². The highest BCUT2D eigenvalue weighted by molar-refractivity contribution is 9.10. The highest BCUT2D eigenvalue weighted by atomic mass is 79.9. The van der Waals surface area contributed by atoms with E-state index in [4.69, 9.17) is 4.74 Å². The van der Waals surface area contributed by atoms with Gasteiger partial charge < -0.3 is 10.1 Å². The van der Waals surface area contributed by atoms with E-state index in [1.165, 1.54) is 0 Å². The Morgan fingerprint density at radius 3 is 2.58 bits per heavy atom. The monoisotopic (exact) mass is 323 g/mol. The average Bonchev–Trinajstić information content (AvgIpc) is 2.44. The Labute approximate surface area is 119 Å². The Morgan fingerprint density at radius 1 is 1.21 bits per heavy atom. The van der Waals surface area contributed by atoms with Gasteiger partial charge in [0.2, 0.25) is 0 Å². The third kappa shape index (κ3) is 3.24. The van der Waals surface area contributed by atoms with Gasteiger partial charge in [-0.05, 0) is 28.9 Å². The molecule has 2 rings (SSSR count). The van der Waals surface area contributed by atoms with Crippen LogP contribution in [0.5, 0.6) is 0 Å². The summed E-state index contributed by atoms with van der Waals surface area (Å²) >= 11 is 3.48. The van der Waals surface area contributed by atoms with Crippen LogP contribution in [0.15, 0.2) is 22.9 Å². The summed E-state index contributed by atoms with van der Waals surface area (Å²) in [5.41, 5.74) is 0.760. The molecular weight excluding hydrogens is 310 g/mol. The zero-order valence-corrected chi connectivity index (χ0v) is 12.3. The molecule has 0 spiro atoms. The molecule has 0 amide bonds. The number of rotatable bonds is 5. The number of nitrogens with zero attached hydrogens (tertiary/aromatic N) is 4. The van der Waals surface area contributed by atoms with E-state index in [1.54, 1.807) is 25.6 Å². The van der Waals surface area contributed by atoms with Crippen LogP contribution in [0.3, 0.4) is 0 Å². The summed E-state index contributed by atoms with van der Waals surface area (Å²) in [6.07, 6.45) is 3.33. The number of methoxy groups -OCH3 is 1. The van der Waals surface area contributed by atoms with Crippen molar-refractivity contribution < 1.29 is 4.74 Å². The van der Waals surface area contributed by atoms with Crippen molar-refractivity contribution >= 4 is 21.7 Å². The predicted octanol–water partition coefficient (Wildman–Crippen LogP) is 2.27. The topological polar surface area (TPSA) is 72.8 Å². The Balaban J connectivity index is 2.49. The lowest BCUT2D eigenvalue weighted by Gasteiger charge is -2.11. The van der Waals surface area contributed by atoms with Crippen molar-refractivity contribution in [2.75, 3.05) is 19.0 Å². The van der Waals surface area contributed by atoms with E-state index in [9.17, 15) is 0 Å². The largest absolute Gasteiger partial charge is 0.378 e. The molecule has 2 aromatic rings. The lowest BCUT2D eigenvalue weighted by Crippen LogP contribution is -2.07. The first-order chi connectivity index (χ1) is 9.26. The van der Waals surface area contributed by atoms with Gasteiger partial charge in [-0.2, -0.15) is 0 Å². The van der Waals surface area contributed by atoms with Crippen molar-refractivity contribution in [3.63, 3.8) is 0 Å². The van der Waals surface area contributed by atoms with Crippen LogP contribution in [-0.4, -0.2) is 33.6 Å². The third-order valence-corrected chi connectivity index (χ3v) is 3.14. The van der Waals surface area contributed by atoms with Crippen LogP contribution in [0.1, 0.15) is 12.6 Å². The number of aromatic nitrogens is 4. The van der Waals surface area contributed by atoms with Crippen LogP contribution in [0, 0.1) is 0 Å². The highest BCUT2D eigenvalue weighted by Crippen LogP contribution is 2.26. The maximum absolute atomic E-state index is 5.14. The Bertz CT molecular complexity index is 522. The second-order valence-electron chi connectivity index (χ2n) is 3.69.